The van der Waals surface area contributed by atoms with E-state index in [4.69, 9.17) is 12.1 Å². The van der Waals surface area contributed by atoms with Gasteiger partial charge in [0.15, 0.2) is 0 Å². The van der Waals surface area contributed by atoms with Crippen LogP contribution in [-0.4, -0.2) is 64.3 Å². The van der Waals surface area contributed by atoms with E-state index in [0.717, 1.165) is 13.1 Å². The molecule has 1 atom stereocenters. The van der Waals surface area contributed by atoms with Gasteiger partial charge in [0.25, 0.3) is 0 Å². The third-order valence-corrected chi connectivity index (χ3v) is 9.39. The summed E-state index contributed by atoms with van der Waals surface area (Å²) in [4.78, 5) is 13.0. The second-order valence-electron chi connectivity index (χ2n) is 3.21. The minimum atomic E-state index is -4.03. The van der Waals surface area contributed by atoms with Crippen LogP contribution in [0.1, 0.15) is 6.92 Å². The molecule has 0 radical (unpaired) electrons. The van der Waals surface area contributed by atoms with Crippen LogP contribution in [0.5, 0.6) is 0 Å². The number of carbonyl (C=O) groups excluding carboxylic acids is 1. The molecule has 6 nitrogen and oxygen atoms in total. The molecule has 88 valence electrons. The van der Waals surface area contributed by atoms with Crippen molar-refractivity contribution in [1.29, 1.82) is 0 Å². The van der Waals surface area contributed by atoms with Gasteiger partial charge in [-0.25, -0.2) is 0 Å². The predicted molar refractivity (Wildman–Crippen MR) is 57.7 cm³/mol. The summed E-state index contributed by atoms with van der Waals surface area (Å²) >= 11 is -4.03. The fourth-order valence-electron chi connectivity index (χ4n) is 1.13. The Morgan fingerprint density at radius 1 is 1.40 bits per heavy atom. The maximum absolute atomic E-state index is 10.9. The fourth-order valence-corrected chi connectivity index (χ4v) is 6.42. The van der Waals surface area contributed by atoms with Crippen LogP contribution in [0.15, 0.2) is 0 Å². The Kier molecular flexibility index (Phi) is 5.73. The van der Waals surface area contributed by atoms with Crippen LogP contribution >= 0.6 is 9.47 Å². The normalized spacial score (nSPS) is 22.9. The quantitative estimate of drug-likeness (QED) is 0.510. The molecule has 1 unspecified atom stereocenters. The van der Waals surface area contributed by atoms with Gasteiger partial charge in [0.2, 0.25) is 0 Å². The molecule has 0 aromatic rings. The van der Waals surface area contributed by atoms with E-state index in [2.05, 4.69) is 14.4 Å². The van der Waals surface area contributed by atoms with E-state index in [1.54, 1.807) is 0 Å². The van der Waals surface area contributed by atoms with Crippen LogP contribution in [-0.2, 0) is 16.9 Å². The summed E-state index contributed by atoms with van der Waals surface area (Å²) in [5.41, 5.74) is 0. The molecule has 0 aromatic carbocycles. The summed E-state index contributed by atoms with van der Waals surface area (Å²) in [6, 6.07) is 0. The molecule has 0 spiro atoms. The van der Waals surface area contributed by atoms with Crippen LogP contribution in [0, 0.1) is 0 Å². The van der Waals surface area contributed by atoms with Crippen molar-refractivity contribution in [3.63, 3.8) is 0 Å². The van der Waals surface area contributed by atoms with E-state index in [1.165, 1.54) is 6.92 Å². The molecule has 0 saturated carbocycles. The van der Waals surface area contributed by atoms with E-state index in [-0.39, 0.29) is 0 Å². The van der Waals surface area contributed by atoms with E-state index in [1.807, 2.05) is 7.05 Å². The summed E-state index contributed by atoms with van der Waals surface area (Å²) in [5, 5.41) is 0. The first-order valence-electron chi connectivity index (χ1n) is 4.62. The standard InChI is InChI=1S/C5H11NO2.C2H4O2.H2OP.Sn/c1-6(2-4-7)3-5-8;1-2(3)4;1-2;/h2-5H2,1H3;1H3,(H,3,4);2H2;/q-2;;-1;+4/p-1. The molecule has 1 aliphatic rings. The molecule has 0 aliphatic carbocycles. The summed E-state index contributed by atoms with van der Waals surface area (Å²) in [6.07, 6.45) is 0. The third kappa shape index (κ3) is 4.50. The third-order valence-electron chi connectivity index (χ3n) is 1.92. The summed E-state index contributed by atoms with van der Waals surface area (Å²) in [6.45, 7) is 3.77. The molecule has 15 heavy (non-hydrogen) atoms. The number of hydrogen-bond donors (Lipinski definition) is 0. The predicted octanol–water partition coefficient (Wildman–Crippen LogP) is -0.230. The van der Waals surface area contributed by atoms with E-state index in [9.17, 15) is 4.79 Å². The molecule has 0 N–H and O–H groups in total. The van der Waals surface area contributed by atoms with Gasteiger partial charge in [-0.2, -0.15) is 0 Å². The molecule has 0 bridgehead atoms. The number of hydrogen-bond acceptors (Lipinski definition) is 6. The van der Waals surface area contributed by atoms with Crippen molar-refractivity contribution < 1.29 is 16.9 Å². The first-order chi connectivity index (χ1) is 7.08. The minimum absolute atomic E-state index is 0.429. The fraction of sp³-hybridized carbons (Fsp3) is 0.857. The van der Waals surface area contributed by atoms with Crippen LogP contribution < -0.4 is 0 Å². The Morgan fingerprint density at radius 2 is 1.93 bits per heavy atom. The average molecular weight is 344 g/mol. The molecule has 1 fully saturated rings. The zero-order valence-electron chi connectivity index (χ0n) is 8.89. The Balaban J connectivity index is 2.58. The second-order valence-corrected chi connectivity index (χ2v) is 10.6. The zero-order valence-corrected chi connectivity index (χ0v) is 12.9. The first-order valence-corrected chi connectivity index (χ1v) is 9.75. The maximum atomic E-state index is 10.9. The number of nitrogens with zero attached hydrogens (tertiary/aromatic N) is 1. The number of rotatable bonds is 2. The van der Waals surface area contributed by atoms with Gasteiger partial charge in [0.05, 0.1) is 0 Å². The molecular formula is C7H16NO5PSn. The van der Waals surface area contributed by atoms with Gasteiger partial charge in [-0.1, -0.05) is 0 Å². The molecule has 1 rings (SSSR count). The number of likely N-dealkylation sites (N-methyl/N-ethyl adjacent to an activating group) is 1. The molecular weight excluding hydrogens is 328 g/mol. The summed E-state index contributed by atoms with van der Waals surface area (Å²) in [5.74, 6) is -0.429. The number of carbonyl (C=O) groups is 1. The molecule has 1 aliphatic heterocycles. The van der Waals surface area contributed by atoms with Crippen molar-refractivity contribution in [3.05, 3.63) is 0 Å². The van der Waals surface area contributed by atoms with Gasteiger partial charge in [-0.3, -0.25) is 0 Å². The van der Waals surface area contributed by atoms with Crippen LogP contribution in [0.4, 0.5) is 0 Å². The van der Waals surface area contributed by atoms with Gasteiger partial charge >= 0.3 is 97.5 Å². The van der Waals surface area contributed by atoms with Crippen molar-refractivity contribution >= 4 is 35.5 Å². The van der Waals surface area contributed by atoms with Crippen LogP contribution in [0.2, 0.25) is 0 Å². The van der Waals surface area contributed by atoms with Crippen molar-refractivity contribution in [2.75, 3.05) is 33.4 Å². The van der Waals surface area contributed by atoms with Crippen molar-refractivity contribution in [2.24, 2.45) is 0 Å². The Bertz CT molecular complexity index is 219. The molecule has 0 aromatic heterocycles. The van der Waals surface area contributed by atoms with Crippen molar-refractivity contribution in [3.8, 4) is 0 Å². The Hall–Kier alpha value is 0.539. The van der Waals surface area contributed by atoms with Gasteiger partial charge in [0.1, 0.15) is 0 Å². The van der Waals surface area contributed by atoms with E-state index < -0.39 is 26.0 Å². The SMILES string of the molecule is CC(=O)[O][Sn]1([O]P)[O]CCN(C)CC[O]1. The van der Waals surface area contributed by atoms with Crippen molar-refractivity contribution in [1.82, 2.24) is 4.90 Å². The Labute approximate surface area is 97.5 Å². The molecule has 1 heterocycles. The Morgan fingerprint density at radius 3 is 2.33 bits per heavy atom. The molecule has 8 heteroatoms. The topological polar surface area (TPSA) is 57.2 Å². The van der Waals surface area contributed by atoms with Gasteiger partial charge in [-0.15, -0.1) is 0 Å². The van der Waals surface area contributed by atoms with E-state index >= 15 is 0 Å². The monoisotopic (exact) mass is 345 g/mol. The van der Waals surface area contributed by atoms with Crippen LogP contribution in [0.3, 0.4) is 0 Å². The summed E-state index contributed by atoms with van der Waals surface area (Å²) < 4.78 is 21.1. The van der Waals surface area contributed by atoms with Crippen molar-refractivity contribution in [2.45, 2.75) is 6.92 Å². The van der Waals surface area contributed by atoms with E-state index in [0.29, 0.717) is 13.2 Å². The van der Waals surface area contributed by atoms with Gasteiger partial charge in [0, 0.05) is 0 Å². The summed E-state index contributed by atoms with van der Waals surface area (Å²) in [7, 11) is 4.04. The molecule has 0 amide bonds. The first kappa shape index (κ1) is 13.6. The average Bonchev–Trinajstić information content (AvgIpc) is 2.13. The van der Waals surface area contributed by atoms with Gasteiger partial charge in [-0.05, 0) is 0 Å². The molecule has 1 saturated heterocycles. The van der Waals surface area contributed by atoms with Gasteiger partial charge < -0.3 is 0 Å². The van der Waals surface area contributed by atoms with Crippen LogP contribution in [0.25, 0.3) is 0 Å². The zero-order chi connectivity index (χ0) is 11.3. The second kappa shape index (κ2) is 6.32.